The van der Waals surface area contributed by atoms with Crippen LogP contribution < -0.4 is 0 Å². The van der Waals surface area contributed by atoms with E-state index in [-0.39, 0.29) is 0 Å². The third-order valence-electron chi connectivity index (χ3n) is 1.80. The van der Waals surface area contributed by atoms with Gasteiger partial charge in [-0.05, 0) is 0 Å². The average Bonchev–Trinajstić information content (AvgIpc) is 2.04. The quantitative estimate of drug-likeness (QED) is 0.714. The zero-order valence-corrected chi connectivity index (χ0v) is 8.06. The number of alkyl halides is 1. The van der Waals surface area contributed by atoms with Gasteiger partial charge in [-0.1, -0.05) is 40.2 Å². The summed E-state index contributed by atoms with van der Waals surface area (Å²) in [4.78, 5) is 21.5. The van der Waals surface area contributed by atoms with Crippen LogP contribution in [0.2, 0.25) is 0 Å². The van der Waals surface area contributed by atoms with Crippen molar-refractivity contribution in [3.05, 3.63) is 24.3 Å². The number of rotatable bonds is 2. The van der Waals surface area contributed by atoms with Gasteiger partial charge < -0.3 is 10.2 Å². The summed E-state index contributed by atoms with van der Waals surface area (Å²) in [6, 6.07) is 0. The van der Waals surface area contributed by atoms with Gasteiger partial charge in [0.05, 0.1) is 0 Å². The Morgan fingerprint density at radius 1 is 1.31 bits per heavy atom. The second kappa shape index (κ2) is 3.33. The maximum atomic E-state index is 10.8. The summed E-state index contributed by atoms with van der Waals surface area (Å²) >= 11 is 2.91. The van der Waals surface area contributed by atoms with Crippen molar-refractivity contribution in [2.45, 2.75) is 4.32 Å². The van der Waals surface area contributed by atoms with Crippen LogP contribution >= 0.6 is 15.9 Å². The fraction of sp³-hybridized carbons (Fsp3) is 0.250. The molecule has 4 nitrogen and oxygen atoms in total. The number of carboxylic acid groups (broad SMARTS) is 2. The lowest BCUT2D eigenvalue weighted by atomic mass is 9.88. The summed E-state index contributed by atoms with van der Waals surface area (Å²) in [5.74, 6) is -3.45. The number of hydrogen-bond acceptors (Lipinski definition) is 2. The van der Waals surface area contributed by atoms with Crippen LogP contribution in [0.5, 0.6) is 0 Å². The van der Waals surface area contributed by atoms with E-state index in [1.54, 1.807) is 0 Å². The molecule has 2 N–H and O–H groups in total. The molecule has 0 aliphatic heterocycles. The predicted molar refractivity (Wildman–Crippen MR) is 48.7 cm³/mol. The normalized spacial score (nSPS) is 31.6. The summed E-state index contributed by atoms with van der Waals surface area (Å²) in [6.45, 7) is 0. The van der Waals surface area contributed by atoms with E-state index in [0.29, 0.717) is 0 Å². The molecule has 0 heterocycles. The van der Waals surface area contributed by atoms with Crippen LogP contribution in [0.15, 0.2) is 24.3 Å². The number of carboxylic acids is 2. The smallest absolute Gasteiger partial charge is 0.325 e. The fourth-order valence-electron chi connectivity index (χ4n) is 1.08. The van der Waals surface area contributed by atoms with Gasteiger partial charge in [0, 0.05) is 0 Å². The Balaban J connectivity index is 3.07. The van der Waals surface area contributed by atoms with Crippen molar-refractivity contribution in [3.63, 3.8) is 0 Å². The minimum atomic E-state index is -1.52. The van der Waals surface area contributed by atoms with Crippen molar-refractivity contribution in [2.75, 3.05) is 0 Å². The van der Waals surface area contributed by atoms with Crippen LogP contribution in [0.4, 0.5) is 0 Å². The Morgan fingerprint density at radius 3 is 2.31 bits per heavy atom. The Hall–Kier alpha value is -1.10. The maximum absolute atomic E-state index is 10.8. The molecule has 0 bridgehead atoms. The summed E-state index contributed by atoms with van der Waals surface area (Å²) in [5.41, 5.74) is 0. The molecular formula is C8H7BrO4. The van der Waals surface area contributed by atoms with Gasteiger partial charge in [-0.15, -0.1) is 0 Å². The van der Waals surface area contributed by atoms with Crippen LogP contribution in [-0.2, 0) is 9.59 Å². The fourth-order valence-corrected chi connectivity index (χ4v) is 1.58. The van der Waals surface area contributed by atoms with Gasteiger partial charge in [0.1, 0.15) is 5.92 Å². The van der Waals surface area contributed by atoms with Gasteiger partial charge in [0.25, 0.3) is 0 Å². The molecule has 0 saturated heterocycles. The van der Waals surface area contributed by atoms with Crippen molar-refractivity contribution >= 4 is 27.9 Å². The molecule has 70 valence electrons. The Labute approximate surface area is 82.7 Å². The summed E-state index contributed by atoms with van der Waals surface area (Å²) < 4.78 is -1.52. The van der Waals surface area contributed by atoms with Crippen LogP contribution in [0.25, 0.3) is 0 Å². The topological polar surface area (TPSA) is 74.6 Å². The highest BCUT2D eigenvalue weighted by molar-refractivity contribution is 9.10. The van der Waals surface area contributed by atoms with Gasteiger partial charge in [-0.2, -0.15) is 0 Å². The maximum Gasteiger partial charge on any atom is 0.325 e. The monoisotopic (exact) mass is 246 g/mol. The van der Waals surface area contributed by atoms with E-state index in [4.69, 9.17) is 10.2 Å². The second-order valence-electron chi connectivity index (χ2n) is 2.63. The van der Waals surface area contributed by atoms with Crippen LogP contribution in [0.1, 0.15) is 0 Å². The standard InChI is InChI=1S/C8H7BrO4/c9-8(7(12)13)4-2-1-3-5(8)6(10)11/h1-5H,(H,10,11)(H,12,13). The van der Waals surface area contributed by atoms with Crippen LogP contribution in [-0.4, -0.2) is 26.5 Å². The van der Waals surface area contributed by atoms with Gasteiger partial charge in [0.15, 0.2) is 4.32 Å². The van der Waals surface area contributed by atoms with Crippen LogP contribution in [0.3, 0.4) is 0 Å². The Kier molecular flexibility index (Phi) is 2.56. The molecule has 0 aromatic rings. The van der Waals surface area contributed by atoms with Crippen molar-refractivity contribution in [1.82, 2.24) is 0 Å². The third-order valence-corrected chi connectivity index (χ3v) is 2.90. The average molecular weight is 247 g/mol. The van der Waals surface area contributed by atoms with E-state index in [1.165, 1.54) is 24.3 Å². The first-order chi connectivity index (χ1) is 5.98. The molecule has 0 aromatic carbocycles. The van der Waals surface area contributed by atoms with E-state index in [9.17, 15) is 9.59 Å². The van der Waals surface area contributed by atoms with E-state index >= 15 is 0 Å². The van der Waals surface area contributed by atoms with E-state index in [2.05, 4.69) is 15.9 Å². The minimum absolute atomic E-state index is 1.07. The summed E-state index contributed by atoms with van der Waals surface area (Å²) in [6.07, 6.45) is 5.67. The highest BCUT2D eigenvalue weighted by Gasteiger charge is 2.45. The van der Waals surface area contributed by atoms with Crippen LogP contribution in [0, 0.1) is 5.92 Å². The van der Waals surface area contributed by atoms with Crippen molar-refractivity contribution < 1.29 is 19.8 Å². The van der Waals surface area contributed by atoms with Crippen molar-refractivity contribution in [1.29, 1.82) is 0 Å². The number of allylic oxidation sites excluding steroid dienone is 2. The molecule has 1 aliphatic rings. The van der Waals surface area contributed by atoms with E-state index in [1.807, 2.05) is 0 Å². The van der Waals surface area contributed by atoms with Crippen molar-refractivity contribution in [3.8, 4) is 0 Å². The number of hydrogen-bond donors (Lipinski definition) is 2. The number of halogens is 1. The van der Waals surface area contributed by atoms with E-state index in [0.717, 1.165) is 0 Å². The molecule has 0 radical (unpaired) electrons. The Morgan fingerprint density at radius 2 is 1.92 bits per heavy atom. The molecule has 2 atom stereocenters. The lowest BCUT2D eigenvalue weighted by Crippen LogP contribution is -2.42. The largest absolute Gasteiger partial charge is 0.481 e. The summed E-state index contributed by atoms with van der Waals surface area (Å²) in [7, 11) is 0. The first-order valence-electron chi connectivity index (χ1n) is 3.49. The molecule has 2 unspecified atom stereocenters. The van der Waals surface area contributed by atoms with E-state index < -0.39 is 22.2 Å². The highest BCUT2D eigenvalue weighted by atomic mass is 79.9. The molecular weight excluding hydrogens is 240 g/mol. The highest BCUT2D eigenvalue weighted by Crippen LogP contribution is 2.33. The lowest BCUT2D eigenvalue weighted by Gasteiger charge is -2.25. The number of aliphatic carboxylic acids is 2. The molecule has 5 heteroatoms. The molecule has 13 heavy (non-hydrogen) atoms. The molecule has 0 aromatic heterocycles. The molecule has 0 saturated carbocycles. The third kappa shape index (κ3) is 1.65. The summed E-state index contributed by atoms with van der Waals surface area (Å²) in [5, 5.41) is 17.6. The lowest BCUT2D eigenvalue weighted by molar-refractivity contribution is -0.148. The molecule has 1 aliphatic carbocycles. The zero-order chi connectivity index (χ0) is 10.1. The zero-order valence-electron chi connectivity index (χ0n) is 6.48. The molecule has 0 spiro atoms. The first-order valence-corrected chi connectivity index (χ1v) is 4.29. The Bertz CT molecular complexity index is 307. The molecule has 1 rings (SSSR count). The van der Waals surface area contributed by atoms with Gasteiger partial charge in [-0.25, -0.2) is 0 Å². The van der Waals surface area contributed by atoms with Gasteiger partial charge >= 0.3 is 11.9 Å². The number of carbonyl (C=O) groups is 2. The second-order valence-corrected chi connectivity index (χ2v) is 3.95. The SMILES string of the molecule is O=C(O)C1C=CC=CC1(Br)C(=O)O. The van der Waals surface area contributed by atoms with Crippen molar-refractivity contribution in [2.24, 2.45) is 5.92 Å². The minimum Gasteiger partial charge on any atom is -0.481 e. The molecule has 0 fully saturated rings. The predicted octanol–water partition coefficient (Wildman–Crippen LogP) is 1.03. The van der Waals surface area contributed by atoms with Gasteiger partial charge in [0.2, 0.25) is 0 Å². The molecule has 0 amide bonds. The van der Waals surface area contributed by atoms with Gasteiger partial charge in [-0.3, -0.25) is 9.59 Å². The first kappa shape index (κ1) is 9.98.